The number of carbonyl (C=O) groups is 8. The zero-order chi connectivity index (χ0) is 75.0. The Hall–Kier alpha value is -11.9. The minimum Gasteiger partial charge on any atom is -0.481 e. The molecule has 16 N–H and O–H groups in total. The molecule has 3 aliphatic rings. The summed E-state index contributed by atoms with van der Waals surface area (Å²) in [5.41, 5.74) is 44.0. The van der Waals surface area contributed by atoms with E-state index in [2.05, 4.69) is 36.9 Å². The highest BCUT2D eigenvalue weighted by molar-refractivity contribution is 6.05. The minimum atomic E-state index is -0.786. The lowest BCUT2D eigenvalue weighted by atomic mass is 9.85. The van der Waals surface area contributed by atoms with Crippen molar-refractivity contribution in [2.45, 2.75) is 143 Å². The number of amides is 7. The summed E-state index contributed by atoms with van der Waals surface area (Å²) in [4.78, 5) is 102. The fourth-order valence-electron chi connectivity index (χ4n) is 14.0. The van der Waals surface area contributed by atoms with Crippen molar-refractivity contribution < 1.29 is 48.3 Å². The fraction of sp³-hybridized carbons (Fsp3) is 0.329. The van der Waals surface area contributed by atoms with E-state index in [9.17, 15) is 43.5 Å². The van der Waals surface area contributed by atoms with Crippen LogP contribution in [0.15, 0.2) is 146 Å². The molecule has 3 saturated carbocycles. The smallest absolute Gasteiger partial charge is 0.306 e. The van der Waals surface area contributed by atoms with E-state index in [1.807, 2.05) is 166 Å². The highest BCUT2D eigenvalue weighted by Gasteiger charge is 2.34. The maximum atomic E-state index is 12.5. The summed E-state index contributed by atoms with van der Waals surface area (Å²) in [6.45, 7) is 9.50. The first-order valence-corrected chi connectivity index (χ1v) is 35.4. The number of nitrogens with two attached hydrogens (primary N) is 5. The van der Waals surface area contributed by atoms with E-state index in [0.29, 0.717) is 134 Å². The van der Waals surface area contributed by atoms with Crippen LogP contribution in [0, 0.1) is 32.6 Å². The van der Waals surface area contributed by atoms with Gasteiger partial charge in [-0.05, 0) is 143 Å². The number of rotatable bonds is 23. The molecule has 3 fully saturated rings. The van der Waals surface area contributed by atoms with Crippen LogP contribution in [0.1, 0.15) is 198 Å². The van der Waals surface area contributed by atoms with Crippen molar-refractivity contribution >= 4 is 64.8 Å². The van der Waals surface area contributed by atoms with Gasteiger partial charge >= 0.3 is 5.97 Å². The summed E-state index contributed by atoms with van der Waals surface area (Å²) >= 11 is 0. The van der Waals surface area contributed by atoms with E-state index in [0.717, 1.165) is 51.8 Å². The molecule has 548 valence electrons. The molecule has 3 heterocycles. The van der Waals surface area contributed by atoms with Gasteiger partial charge in [-0.15, -0.1) is 0 Å². The minimum absolute atomic E-state index is 0.0469. The lowest BCUT2D eigenvalue weighted by Gasteiger charge is -2.28. The predicted octanol–water partition coefficient (Wildman–Crippen LogP) is 10.6. The van der Waals surface area contributed by atoms with E-state index < -0.39 is 23.7 Å². The Morgan fingerprint density at radius 3 is 1.10 bits per heavy atom. The third-order valence-electron chi connectivity index (χ3n) is 19.8. The Morgan fingerprint density at radius 2 is 0.771 bits per heavy atom. The van der Waals surface area contributed by atoms with Gasteiger partial charge in [0.25, 0.3) is 35.4 Å². The molecule has 0 atom stereocenters. The molecule has 0 saturated heterocycles. The van der Waals surface area contributed by atoms with Crippen LogP contribution in [0.3, 0.4) is 0 Å². The average molecular weight is 1430 g/mol. The van der Waals surface area contributed by atoms with Crippen molar-refractivity contribution in [3.05, 3.63) is 212 Å². The number of anilines is 3. The molecular formula is C79H92N16O10. The number of nitrogens with zero attached hydrogens (tertiary/aromatic N) is 6. The number of nitrogens with one attached hydrogen (secondary N) is 5. The summed E-state index contributed by atoms with van der Waals surface area (Å²) < 4.78 is 5.24. The number of carboxylic acids is 1. The van der Waals surface area contributed by atoms with Gasteiger partial charge in [0.2, 0.25) is 5.91 Å². The molecule has 3 aromatic heterocycles. The largest absolute Gasteiger partial charge is 0.481 e. The highest BCUT2D eigenvalue weighted by Crippen LogP contribution is 2.40. The first-order chi connectivity index (χ1) is 50.5. The molecule has 0 spiro atoms. The first-order valence-electron chi connectivity index (χ1n) is 35.4. The number of hydrogen-bond acceptors (Lipinski definition) is 15. The summed E-state index contributed by atoms with van der Waals surface area (Å²) in [6, 6.07) is 45.0. The number of hydrogen-bond donors (Lipinski definition) is 11. The number of nitrogen functional groups attached to an aromatic ring is 2. The quantitative estimate of drug-likeness (QED) is 0.0265. The summed E-state index contributed by atoms with van der Waals surface area (Å²) in [5.74, 6) is -2.49. The van der Waals surface area contributed by atoms with Gasteiger partial charge in [0, 0.05) is 65.5 Å². The molecule has 105 heavy (non-hydrogen) atoms. The molecule has 0 radical (unpaired) electrons. The number of carboxylic acid groups (broad SMARTS) is 1. The molecule has 3 aliphatic carbocycles. The van der Waals surface area contributed by atoms with Gasteiger partial charge in [-0.1, -0.05) is 140 Å². The van der Waals surface area contributed by atoms with Crippen LogP contribution >= 0.6 is 0 Å². The van der Waals surface area contributed by atoms with Crippen molar-refractivity contribution in [1.82, 2.24) is 50.8 Å². The zero-order valence-electron chi connectivity index (χ0n) is 59.7. The topological polar surface area (TPSA) is 410 Å². The van der Waals surface area contributed by atoms with Crippen molar-refractivity contribution in [1.29, 1.82) is 0 Å². The normalized spacial score (nSPS) is 16.3. The molecule has 12 rings (SSSR count). The fourth-order valence-corrected chi connectivity index (χ4v) is 14.0. The highest BCUT2D eigenvalue weighted by atomic mass is 16.6. The monoisotopic (exact) mass is 1420 g/mol. The average Bonchev–Trinajstić information content (AvgIpc) is 1.65. The molecule has 26 nitrogen and oxygen atoms in total. The molecule has 9 aromatic rings. The first kappa shape index (κ1) is 75.7. The zero-order valence-corrected chi connectivity index (χ0v) is 59.7. The van der Waals surface area contributed by atoms with Crippen LogP contribution in [0.25, 0.3) is 33.8 Å². The molecule has 7 amide bonds. The van der Waals surface area contributed by atoms with Gasteiger partial charge in [-0.3, -0.25) is 43.2 Å². The van der Waals surface area contributed by atoms with Crippen molar-refractivity contribution in [2.24, 2.45) is 29.0 Å². The van der Waals surface area contributed by atoms with Crippen molar-refractivity contribution in [2.75, 3.05) is 30.4 Å². The van der Waals surface area contributed by atoms with E-state index >= 15 is 0 Å². The van der Waals surface area contributed by atoms with Crippen molar-refractivity contribution in [3.63, 3.8) is 0 Å². The Balaban J connectivity index is 0.000000169. The molecule has 6 aromatic carbocycles. The van der Waals surface area contributed by atoms with Crippen LogP contribution in [-0.4, -0.2) is 95.4 Å². The Kier molecular flexibility index (Phi) is 25.1. The number of hydroxylamine groups is 1. The van der Waals surface area contributed by atoms with Crippen LogP contribution in [0.5, 0.6) is 0 Å². The van der Waals surface area contributed by atoms with Crippen LogP contribution in [-0.2, 0) is 34.1 Å². The van der Waals surface area contributed by atoms with E-state index in [4.69, 9.17) is 38.6 Å². The summed E-state index contributed by atoms with van der Waals surface area (Å²) in [6.07, 6.45) is 9.41. The van der Waals surface area contributed by atoms with E-state index in [-0.39, 0.29) is 76.4 Å². The molecule has 26 heteroatoms. The van der Waals surface area contributed by atoms with Crippen LogP contribution in [0.2, 0.25) is 0 Å². The number of primary amides is 3. The van der Waals surface area contributed by atoms with E-state index in [1.54, 1.807) is 21.5 Å². The molecule has 0 bridgehead atoms. The van der Waals surface area contributed by atoms with Gasteiger partial charge in [0.15, 0.2) is 0 Å². The second kappa shape index (κ2) is 34.8. The lowest BCUT2D eigenvalue weighted by molar-refractivity contribution is -0.143. The SMILES string of the molecule is CCNc1c(C(N)=O)c(-c2ccc(CNC(=O)c3ccccc3C)cc2)nn1C1CCCC1.CONC(=O)C1CCC(n2nc(-c3ccc(CNC(=O)c4ccccc4C)cc3)c(C(N)=O)c2N)CC1.Cc1ccccc1C(=O)NCc1ccc(-c2nn(C3CCC(C(=O)O)CC3)c(N)c2C(N)=O)cc1. The maximum Gasteiger partial charge on any atom is 0.306 e. The maximum absolute atomic E-state index is 12.5. The second-order valence-corrected chi connectivity index (χ2v) is 26.8. The molecular weight excluding hydrogens is 1330 g/mol. The van der Waals surface area contributed by atoms with E-state index in [1.165, 1.54) is 20.0 Å². The number of carbonyl (C=O) groups excluding carboxylic acids is 7. The Labute approximate surface area is 609 Å². The van der Waals surface area contributed by atoms with Crippen molar-refractivity contribution in [3.8, 4) is 33.8 Å². The van der Waals surface area contributed by atoms with Crippen LogP contribution in [0.4, 0.5) is 17.5 Å². The Bertz CT molecular complexity index is 4620. The number of benzene rings is 6. The van der Waals surface area contributed by atoms with Gasteiger partial charge in [-0.25, -0.2) is 19.5 Å². The number of aliphatic carboxylic acids is 1. The van der Waals surface area contributed by atoms with Gasteiger partial charge in [-0.2, -0.15) is 15.3 Å². The second-order valence-electron chi connectivity index (χ2n) is 26.8. The summed E-state index contributed by atoms with van der Waals surface area (Å²) in [7, 11) is 1.41. The van der Waals surface area contributed by atoms with Crippen LogP contribution < -0.4 is 55.4 Å². The van der Waals surface area contributed by atoms with Gasteiger partial charge in [0.1, 0.15) is 51.2 Å². The third kappa shape index (κ3) is 18.1. The Morgan fingerprint density at radius 1 is 0.448 bits per heavy atom. The van der Waals surface area contributed by atoms with Gasteiger partial charge < -0.3 is 55.0 Å². The standard InChI is InChI=1S/C27H32N6O4.C26H29N5O4.C26H31N5O2/c1-16-5-3-4-6-21(16)27(36)30-15-17-7-9-18(10-8-17)23-22(25(29)34)24(28)33(31-23)20-13-11-19(12-14-20)26(35)32-37-2;1-15-4-2-3-5-20(15)25(33)29-14-16-6-8-17(9-7-16)22-21(24(28)32)23(27)31(30-22)19-12-10-18(11-13-19)26(34)35;1-3-28-25-22(24(27)32)23(30-31(25)20-9-5-6-10-20)19-14-12-18(13-15-19)16-29-26(33)21-11-7-4-8-17(21)2/h3-10,19-20H,11-15,28H2,1-2H3,(H2,29,34)(H,30,36)(H,32,35);2-9,18-19H,10-14,27H2,1H3,(H2,28,32)(H,29,33)(H,34,35);4,7-8,11-15,20,28H,3,5-6,9-10,16H2,1-2H3,(H2,27,32)(H,29,33). The molecule has 0 unspecified atom stereocenters. The lowest BCUT2D eigenvalue weighted by Crippen LogP contribution is -2.33. The summed E-state index contributed by atoms with van der Waals surface area (Å²) in [5, 5.41) is 35.5. The number of aryl methyl sites for hydroxylation is 3. The van der Waals surface area contributed by atoms with Gasteiger partial charge in [0.05, 0.1) is 31.2 Å². The third-order valence-corrected chi connectivity index (χ3v) is 19.8. The number of aromatic nitrogens is 6. The molecule has 0 aliphatic heterocycles. The predicted molar refractivity (Wildman–Crippen MR) is 401 cm³/mol.